The first-order chi connectivity index (χ1) is 23.3. The third kappa shape index (κ3) is 7.08. The minimum atomic E-state index is -5.08. The van der Waals surface area contributed by atoms with E-state index in [4.69, 9.17) is 15.0 Å². The average Bonchev–Trinajstić information content (AvgIpc) is 3.88. The van der Waals surface area contributed by atoms with Crippen molar-refractivity contribution in [1.82, 2.24) is 13.7 Å². The zero-order chi connectivity index (χ0) is 36.9. The molecule has 0 aliphatic heterocycles. The number of halogens is 5. The van der Waals surface area contributed by atoms with Crippen molar-refractivity contribution in [3.8, 4) is 16.8 Å². The number of carboxylic acid groups (broad SMARTS) is 1. The summed E-state index contributed by atoms with van der Waals surface area (Å²) in [7, 11) is -2.60. The highest BCUT2D eigenvalue weighted by Crippen LogP contribution is 2.35. The third-order valence-corrected chi connectivity index (χ3v) is 9.43. The van der Waals surface area contributed by atoms with Crippen LogP contribution in [0, 0.1) is 16.3 Å². The van der Waals surface area contributed by atoms with Crippen molar-refractivity contribution in [3.63, 3.8) is 0 Å². The lowest BCUT2D eigenvalue weighted by molar-refractivity contribution is -0.192. The van der Waals surface area contributed by atoms with Gasteiger partial charge in [-0.3, -0.25) is 23.3 Å². The van der Waals surface area contributed by atoms with E-state index in [0.717, 1.165) is 0 Å². The van der Waals surface area contributed by atoms with Gasteiger partial charge >= 0.3 is 17.8 Å². The van der Waals surface area contributed by atoms with E-state index >= 15 is 0 Å². The topological polar surface area (TPSA) is 175 Å². The van der Waals surface area contributed by atoms with E-state index in [-0.39, 0.29) is 38.9 Å². The molecule has 0 atom stereocenters. The predicted octanol–water partition coefficient (Wildman–Crippen LogP) is 4.93. The van der Waals surface area contributed by atoms with Crippen molar-refractivity contribution in [2.45, 2.75) is 36.9 Å². The summed E-state index contributed by atoms with van der Waals surface area (Å²) in [5.74, 6) is -3.30. The minimum Gasteiger partial charge on any atom is -0.475 e. The highest BCUT2D eigenvalue weighted by molar-refractivity contribution is 14.1. The molecule has 0 spiro atoms. The van der Waals surface area contributed by atoms with Crippen LogP contribution in [0.1, 0.15) is 24.4 Å². The number of rotatable bonds is 6. The number of nitrogens with two attached hydrogens (primary N) is 1. The first kappa shape index (κ1) is 36.5. The van der Waals surface area contributed by atoms with Crippen LogP contribution in [0.2, 0.25) is 0 Å². The van der Waals surface area contributed by atoms with Gasteiger partial charge in [0.25, 0.3) is 11.1 Å². The fourth-order valence-electron chi connectivity index (χ4n) is 5.34. The lowest BCUT2D eigenvalue weighted by Crippen LogP contribution is -2.41. The molecule has 1 aliphatic carbocycles. The second-order valence-corrected chi connectivity index (χ2v) is 14.0. The van der Waals surface area contributed by atoms with Crippen LogP contribution in [0.15, 0.2) is 86.0 Å². The summed E-state index contributed by atoms with van der Waals surface area (Å²) in [4.78, 5) is 50.5. The van der Waals surface area contributed by atoms with Gasteiger partial charge in [0.15, 0.2) is 0 Å². The molecule has 1 fully saturated rings. The molecule has 0 amide bonds. The molecule has 1 aliphatic rings. The number of primary sulfonamides is 1. The van der Waals surface area contributed by atoms with Crippen molar-refractivity contribution in [2.75, 3.05) is 5.32 Å². The van der Waals surface area contributed by atoms with Crippen LogP contribution in [0.5, 0.6) is 0 Å². The number of hydrogen-bond donors (Lipinski definition) is 3. The first-order valence-corrected chi connectivity index (χ1v) is 17.1. The molecule has 6 rings (SSSR count). The van der Waals surface area contributed by atoms with E-state index in [0.29, 0.717) is 33.2 Å². The maximum Gasteiger partial charge on any atom is 0.490 e. The van der Waals surface area contributed by atoms with Gasteiger partial charge in [0, 0.05) is 27.8 Å². The molecule has 0 saturated heterocycles. The molecule has 50 heavy (non-hydrogen) atoms. The van der Waals surface area contributed by atoms with Gasteiger partial charge in [-0.25, -0.2) is 27.5 Å². The number of alkyl halides is 3. The van der Waals surface area contributed by atoms with Crippen LogP contribution in [0.4, 0.5) is 29.1 Å². The molecule has 1 saturated carbocycles. The number of anilines is 2. The third-order valence-electron chi connectivity index (χ3n) is 7.79. The van der Waals surface area contributed by atoms with Crippen molar-refractivity contribution in [3.05, 3.63) is 113 Å². The zero-order valence-corrected chi connectivity index (χ0v) is 28.9. The number of sulfonamides is 1. The second kappa shape index (κ2) is 13.5. The van der Waals surface area contributed by atoms with Gasteiger partial charge in [0.1, 0.15) is 17.0 Å². The Hall–Kier alpha value is -4.82. The number of carboxylic acids is 1. The minimum absolute atomic E-state index is 0.0367. The molecule has 262 valence electrons. The zero-order valence-electron chi connectivity index (χ0n) is 26.0. The summed E-state index contributed by atoms with van der Waals surface area (Å²) in [5, 5.41) is 15.6. The Bertz CT molecular complexity index is 2490. The molecule has 0 bridgehead atoms. The number of nitrogens with one attached hydrogen (secondary N) is 1. The van der Waals surface area contributed by atoms with Gasteiger partial charge < -0.3 is 10.4 Å². The molecular weight excluding hydrogens is 801 g/mol. The molecule has 0 unspecified atom stereocenters. The Morgan fingerprint density at radius 2 is 1.64 bits per heavy atom. The standard InChI is InChI=1S/C30H25FIN5O5S.C2HF3O2/c1-16-26-25(27(35(2)28(16)38)34-23-13-10-18(32)15-22(23)31)29(39)37(19-11-12-19)30(40)36(26)20-7-5-6-17(14-20)21-8-3-4-9-24(21)43(33,41)42;3-2(4,5)1(6)7/h3-10,13-15,19,34H,11-12H2,1-2H3,(H2,33,41,42);(H,6,7). The fraction of sp³-hybridized carbons (Fsp3) is 0.188. The number of benzene rings is 3. The molecule has 12 nitrogen and oxygen atoms in total. The molecule has 4 N–H and O–H groups in total. The number of carbonyl (C=O) groups is 1. The van der Waals surface area contributed by atoms with E-state index < -0.39 is 44.8 Å². The molecular formula is C32H26F4IN5O7S. The maximum absolute atomic E-state index is 15.0. The number of pyridine rings is 1. The highest BCUT2D eigenvalue weighted by atomic mass is 127. The van der Waals surface area contributed by atoms with Crippen molar-refractivity contribution >= 4 is 61.0 Å². The van der Waals surface area contributed by atoms with Crippen LogP contribution in [-0.2, 0) is 21.9 Å². The summed E-state index contributed by atoms with van der Waals surface area (Å²) >= 11 is 1.98. The summed E-state index contributed by atoms with van der Waals surface area (Å²) in [5.41, 5.74) is -0.393. The van der Waals surface area contributed by atoms with Crippen LogP contribution < -0.4 is 27.3 Å². The number of aliphatic carboxylic acids is 1. The predicted molar refractivity (Wildman–Crippen MR) is 185 cm³/mol. The highest BCUT2D eigenvalue weighted by Gasteiger charge is 2.38. The van der Waals surface area contributed by atoms with E-state index in [1.807, 2.05) is 22.6 Å². The normalized spacial score (nSPS) is 13.1. The van der Waals surface area contributed by atoms with Gasteiger partial charge in [-0.15, -0.1) is 0 Å². The first-order valence-electron chi connectivity index (χ1n) is 14.5. The van der Waals surface area contributed by atoms with Crippen LogP contribution in [-0.4, -0.2) is 39.4 Å². The summed E-state index contributed by atoms with van der Waals surface area (Å²) in [6.45, 7) is 1.52. The van der Waals surface area contributed by atoms with Gasteiger partial charge in [-0.05, 0) is 84.3 Å². The molecule has 0 radical (unpaired) electrons. The smallest absolute Gasteiger partial charge is 0.475 e. The van der Waals surface area contributed by atoms with Crippen LogP contribution in [0.25, 0.3) is 27.7 Å². The Labute approximate surface area is 293 Å². The summed E-state index contributed by atoms with van der Waals surface area (Å²) < 4.78 is 75.7. The molecule has 18 heteroatoms. The fourth-order valence-corrected chi connectivity index (χ4v) is 6.55. The van der Waals surface area contributed by atoms with Crippen LogP contribution in [0.3, 0.4) is 0 Å². The van der Waals surface area contributed by atoms with Crippen molar-refractivity contribution in [1.29, 1.82) is 0 Å². The van der Waals surface area contributed by atoms with Gasteiger partial charge in [-0.2, -0.15) is 13.2 Å². The summed E-state index contributed by atoms with van der Waals surface area (Å²) in [6.07, 6.45) is -3.83. The lowest BCUT2D eigenvalue weighted by Gasteiger charge is -2.21. The molecule has 3 aromatic carbocycles. The van der Waals surface area contributed by atoms with Gasteiger partial charge in [0.05, 0.1) is 21.8 Å². The van der Waals surface area contributed by atoms with Crippen molar-refractivity contribution < 1.29 is 35.9 Å². The molecule has 2 heterocycles. The van der Waals surface area contributed by atoms with Crippen molar-refractivity contribution in [2.24, 2.45) is 12.2 Å². The van der Waals surface area contributed by atoms with Crippen LogP contribution >= 0.6 is 22.6 Å². The van der Waals surface area contributed by atoms with E-state index in [1.54, 1.807) is 48.5 Å². The number of fused-ring (bicyclic) bond motifs is 1. The van der Waals surface area contributed by atoms with E-state index in [2.05, 4.69) is 5.32 Å². The largest absolute Gasteiger partial charge is 0.490 e. The Morgan fingerprint density at radius 3 is 2.22 bits per heavy atom. The number of aromatic nitrogens is 3. The Kier molecular flexibility index (Phi) is 9.83. The van der Waals surface area contributed by atoms with E-state index in [1.165, 1.54) is 45.9 Å². The quantitative estimate of drug-likeness (QED) is 0.160. The second-order valence-electron chi connectivity index (χ2n) is 11.2. The SMILES string of the molecule is Cc1c(=O)n(C)c(Nc2ccc(I)cc2F)c2c(=O)n(C3CC3)c(=O)n(-c3cccc(-c4ccccc4S(N)(=O)=O)c3)c12.O=C(O)C(F)(F)F. The van der Waals surface area contributed by atoms with E-state index in [9.17, 15) is 40.4 Å². The van der Waals surface area contributed by atoms with Gasteiger partial charge in [0.2, 0.25) is 10.0 Å². The monoisotopic (exact) mass is 827 g/mol. The van der Waals surface area contributed by atoms with Gasteiger partial charge in [-0.1, -0.05) is 30.3 Å². The molecule has 2 aromatic heterocycles. The molecule has 5 aromatic rings. The summed E-state index contributed by atoms with van der Waals surface area (Å²) in [6, 6.07) is 17.0. The average molecular weight is 828 g/mol. The number of aryl methyl sites for hydroxylation is 1. The lowest BCUT2D eigenvalue weighted by atomic mass is 10.0. The number of hydrogen-bond acceptors (Lipinski definition) is 7. The Balaban J connectivity index is 0.000000630. The maximum atomic E-state index is 15.0. The Morgan fingerprint density at radius 1 is 1.00 bits per heavy atom. The number of nitrogens with zero attached hydrogens (tertiary/aromatic N) is 3.